The molecular weight excluding hydrogens is 1210 g/mol. The first-order chi connectivity index (χ1) is 40.4. The van der Waals surface area contributed by atoms with Crippen LogP contribution in [0.4, 0.5) is 20.2 Å². The molecule has 4 spiro atoms. The number of nitrogens with two attached hydrogens (primary N) is 1. The number of Topliss-reactive ketones (excluding diaryl/α,β-unsaturated/α-hetero) is 1. The number of pyridine rings is 2. The quantitative estimate of drug-likeness (QED) is 0.110. The van der Waals surface area contributed by atoms with Crippen molar-refractivity contribution in [3.05, 3.63) is 115 Å². The lowest BCUT2D eigenvalue weighted by Crippen LogP contribution is -2.52. The number of ketones is 1. The number of nitrogens with zero attached hydrogens (tertiary/aromatic N) is 2. The normalized spacial score (nSPS) is 30.5. The van der Waals surface area contributed by atoms with Gasteiger partial charge < -0.3 is 40.4 Å². The topological polar surface area (TPSA) is 201 Å². The number of hydrogen-bond donors (Lipinski definition) is 4. The predicted octanol–water partition coefficient (Wildman–Crippen LogP) is 14.3. The summed E-state index contributed by atoms with van der Waals surface area (Å²) in [4.78, 5) is 63.5. The molecule has 8 aliphatic rings. The van der Waals surface area contributed by atoms with Gasteiger partial charge in [0.15, 0.2) is 21.9 Å². The van der Waals surface area contributed by atoms with Gasteiger partial charge in [0.25, 0.3) is 0 Å². The van der Waals surface area contributed by atoms with E-state index in [1.807, 2.05) is 6.07 Å². The molecule has 21 heteroatoms. The first kappa shape index (κ1) is 66.4. The van der Waals surface area contributed by atoms with Crippen molar-refractivity contribution in [3.8, 4) is 0 Å². The molecule has 0 radical (unpaired) electrons. The number of fused-ring (bicyclic) bond motifs is 6. The Labute approximate surface area is 529 Å². The van der Waals surface area contributed by atoms with Crippen LogP contribution in [0.15, 0.2) is 60.9 Å². The Morgan fingerprint density at radius 1 is 0.651 bits per heavy atom. The number of carbonyl (C=O) groups is 4. The number of carboxylic acids is 1. The lowest BCUT2D eigenvalue weighted by atomic mass is 9.51. The zero-order valence-electron chi connectivity index (χ0n) is 49.7. The minimum Gasteiger partial charge on any atom is -0.481 e. The number of halogens is 7. The Kier molecular flexibility index (Phi) is 20.1. The van der Waals surface area contributed by atoms with Gasteiger partial charge in [0.05, 0.1) is 55.4 Å². The van der Waals surface area contributed by atoms with Crippen molar-refractivity contribution in [2.45, 2.75) is 165 Å². The van der Waals surface area contributed by atoms with E-state index in [2.05, 4.69) is 48.3 Å². The molecule has 10 atom stereocenters. The van der Waals surface area contributed by atoms with Crippen LogP contribution in [0.5, 0.6) is 0 Å². The maximum atomic E-state index is 16.1. The molecule has 6 fully saturated rings. The van der Waals surface area contributed by atoms with E-state index in [1.165, 1.54) is 18.5 Å². The van der Waals surface area contributed by atoms with Gasteiger partial charge in [0.2, 0.25) is 11.8 Å². The summed E-state index contributed by atoms with van der Waals surface area (Å²) in [6.07, 6.45) is 14.5. The summed E-state index contributed by atoms with van der Waals surface area (Å²) in [6, 6.07) is 14.0. The molecule has 2 aromatic carbocycles. The lowest BCUT2D eigenvalue weighted by Gasteiger charge is -2.51. The highest BCUT2D eigenvalue weighted by Crippen LogP contribution is 2.74. The van der Waals surface area contributed by atoms with E-state index in [-0.39, 0.29) is 92.9 Å². The van der Waals surface area contributed by atoms with Crippen LogP contribution in [0.3, 0.4) is 0 Å². The molecule has 468 valence electrons. The number of amides is 2. The third kappa shape index (κ3) is 12.0. The summed E-state index contributed by atoms with van der Waals surface area (Å²) in [5, 5.41) is 16.8. The van der Waals surface area contributed by atoms with Crippen molar-refractivity contribution in [3.63, 3.8) is 0 Å². The monoisotopic (exact) mass is 1290 g/mol. The van der Waals surface area contributed by atoms with Gasteiger partial charge in [-0.05, 0) is 176 Å². The van der Waals surface area contributed by atoms with Crippen LogP contribution in [-0.2, 0) is 49.0 Å². The van der Waals surface area contributed by atoms with Crippen molar-refractivity contribution in [1.82, 2.24) is 9.97 Å². The van der Waals surface area contributed by atoms with Crippen LogP contribution in [0.25, 0.3) is 0 Å². The van der Waals surface area contributed by atoms with Crippen LogP contribution in [0.1, 0.15) is 158 Å². The van der Waals surface area contributed by atoms with Crippen molar-refractivity contribution in [2.75, 3.05) is 51.3 Å². The molecule has 0 bridgehead atoms. The average molecular weight is 1290 g/mol. The fourth-order valence-corrected chi connectivity index (χ4v) is 17.3. The molecular formula is C65H80Cl5F2N5O9. The number of rotatable bonds is 10. The number of methoxy groups -OCH3 is 2. The largest absolute Gasteiger partial charge is 0.481 e. The van der Waals surface area contributed by atoms with Gasteiger partial charge in [-0.15, -0.1) is 12.4 Å². The molecule has 4 aliphatic carbocycles. The Bertz CT molecular complexity index is 3180. The van der Waals surface area contributed by atoms with Crippen LogP contribution < -0.4 is 16.4 Å². The van der Waals surface area contributed by atoms with Gasteiger partial charge in [-0.3, -0.25) is 19.2 Å². The lowest BCUT2D eigenvalue weighted by molar-refractivity contribution is -0.142. The van der Waals surface area contributed by atoms with Gasteiger partial charge in [0.1, 0.15) is 5.78 Å². The van der Waals surface area contributed by atoms with Crippen molar-refractivity contribution in [1.29, 1.82) is 0 Å². The number of carbonyl (C=O) groups excluding carboxylic acids is 3. The Balaban J connectivity index is 0.000000178. The fraction of sp³-hybridized carbons (Fsp3) is 0.600. The van der Waals surface area contributed by atoms with E-state index in [0.717, 1.165) is 69.8 Å². The van der Waals surface area contributed by atoms with Crippen molar-refractivity contribution >= 4 is 93.8 Å². The molecule has 4 saturated carbocycles. The SMILES string of the molecule is CC1(C)CCC2(CC1)C[C@@H](C(=O)O)[C@H](c1ccnc(Cl)c1F)C21C(=O)Nc2cc(Cl)ccc21.COCC1CC[C@@H](N)CO1.COC[C@@H]1CC[C@@H](CC(=O)[C@@H]2CC3(CCC(C)(C)CC3)[C@@]3(C(=O)Nc4cc(Cl)ccc43)[C@H]2c2ccnc(Cl)c2F)CO1.Cl. The maximum absolute atomic E-state index is 16.1. The zero-order valence-corrected chi connectivity index (χ0v) is 53.5. The number of hydrogen-bond acceptors (Lipinski definition) is 11. The maximum Gasteiger partial charge on any atom is 0.307 e. The van der Waals surface area contributed by atoms with Crippen molar-refractivity contribution in [2.24, 2.45) is 45.1 Å². The van der Waals surface area contributed by atoms with Crippen molar-refractivity contribution < 1.29 is 52.0 Å². The molecule has 2 saturated heterocycles. The number of benzene rings is 2. The van der Waals surface area contributed by atoms with E-state index in [0.29, 0.717) is 79.1 Å². The van der Waals surface area contributed by atoms with Crippen LogP contribution in [0.2, 0.25) is 20.4 Å². The zero-order chi connectivity index (χ0) is 61.0. The first-order valence-electron chi connectivity index (χ1n) is 29.9. The van der Waals surface area contributed by atoms with E-state index < -0.39 is 62.9 Å². The molecule has 2 aromatic heterocycles. The Morgan fingerprint density at radius 3 is 1.49 bits per heavy atom. The smallest absolute Gasteiger partial charge is 0.307 e. The average Bonchev–Trinajstić information content (AvgIpc) is 1.51. The minimum absolute atomic E-state index is 0. The van der Waals surface area contributed by atoms with Gasteiger partial charge in [-0.1, -0.05) is 86.2 Å². The summed E-state index contributed by atoms with van der Waals surface area (Å²) in [7, 11) is 3.35. The van der Waals surface area contributed by atoms with Gasteiger partial charge >= 0.3 is 5.97 Å². The molecule has 12 rings (SSSR count). The Morgan fingerprint density at radius 2 is 1.08 bits per heavy atom. The Hall–Kier alpha value is -4.07. The molecule has 6 heterocycles. The number of aromatic nitrogens is 2. The van der Waals surface area contributed by atoms with E-state index in [1.54, 1.807) is 50.6 Å². The molecule has 2 amide bonds. The minimum atomic E-state index is -1.25. The molecule has 14 nitrogen and oxygen atoms in total. The second kappa shape index (κ2) is 26.0. The standard InChI is InChI=1S/C33H39Cl2FN2O4.C25H25Cl2FN2O3.C7H15NO2.ClH/c1-31(2)9-11-32(12-10-31)16-23(26(39)14-19-4-6-21(18-41-3)42-17-19)27(22-8-13-37-29(35)28(22)36)33(32)24-7-5-20(34)15-25(24)38-30(33)40;1-23(2)6-8-24(9-7-23)12-15(21(31)32)18(14-5-10-29-20(27)19(14)28)25(24)16-4-3-13(26)11-17(16)30-22(25)33;1-9-5-7-3-2-6(8)4-10-7;/h5,7-8,13,15,19,21,23,27H,4,6,9-12,14,16-18H2,1-3H3,(H,38,40);3-5,10-11,15,18H,6-9,12H2,1-2H3,(H,30,33)(H,31,32);6-7H,2-5,8H2,1H3;1H/t19-,21-,23-,27-,33+;15-,18+,25?;6-,7?;/m011./s1. The van der Waals surface area contributed by atoms with E-state index in [9.17, 15) is 24.3 Å². The highest BCUT2D eigenvalue weighted by Gasteiger charge is 2.74. The predicted molar refractivity (Wildman–Crippen MR) is 331 cm³/mol. The summed E-state index contributed by atoms with van der Waals surface area (Å²) in [5.41, 5.74) is 5.36. The molecule has 4 aromatic rings. The van der Waals surface area contributed by atoms with E-state index in [4.69, 9.17) is 71.1 Å². The fourth-order valence-electron chi connectivity index (χ4n) is 16.6. The van der Waals surface area contributed by atoms with Gasteiger partial charge in [0, 0.05) is 78.2 Å². The van der Waals surface area contributed by atoms with E-state index >= 15 is 8.78 Å². The number of nitrogens with one attached hydrogen (secondary N) is 2. The molecule has 4 aliphatic heterocycles. The third-order valence-electron chi connectivity index (χ3n) is 21.0. The van der Waals surface area contributed by atoms with Gasteiger partial charge in [-0.2, -0.15) is 0 Å². The first-order valence-corrected chi connectivity index (χ1v) is 31.4. The highest BCUT2D eigenvalue weighted by molar-refractivity contribution is 6.32. The summed E-state index contributed by atoms with van der Waals surface area (Å²) in [5.74, 6) is -6.00. The summed E-state index contributed by atoms with van der Waals surface area (Å²) >= 11 is 24.9. The number of carboxylic acid groups (broad SMARTS) is 1. The third-order valence-corrected chi connectivity index (χ3v) is 22.0. The molecule has 2 unspecified atom stereocenters. The second-order valence-electron chi connectivity index (χ2n) is 27.0. The molecule has 5 N–H and O–H groups in total. The second-order valence-corrected chi connectivity index (χ2v) is 28.6. The van der Waals surface area contributed by atoms with Crippen LogP contribution in [0, 0.1) is 51.0 Å². The summed E-state index contributed by atoms with van der Waals surface area (Å²) < 4.78 is 53.1. The highest BCUT2D eigenvalue weighted by atomic mass is 35.5. The summed E-state index contributed by atoms with van der Waals surface area (Å²) in [6.45, 7) is 11.3. The van der Waals surface area contributed by atoms with Crippen LogP contribution >= 0.6 is 58.8 Å². The van der Waals surface area contributed by atoms with Gasteiger partial charge in [-0.25, -0.2) is 18.7 Å². The number of ether oxygens (including phenoxy) is 4. The number of anilines is 2. The van der Waals surface area contributed by atoms with Crippen LogP contribution in [-0.4, -0.2) is 97.5 Å². The number of aliphatic carboxylic acids is 1. The molecule has 86 heavy (non-hydrogen) atoms.